The second-order valence-corrected chi connectivity index (χ2v) is 17.6. The van der Waals surface area contributed by atoms with Gasteiger partial charge in [-0.15, -0.1) is 5.56 Å². The molecule has 0 spiro atoms. The summed E-state index contributed by atoms with van der Waals surface area (Å²) in [5.74, 6) is 0. The van der Waals surface area contributed by atoms with Crippen LogP contribution in [0.4, 0.5) is 0 Å². The van der Waals surface area contributed by atoms with Crippen LogP contribution in [0.1, 0.15) is 140 Å². The Hall–Kier alpha value is -1.66. The minimum Gasteiger partial charge on any atom is -1.00 e. The van der Waals surface area contributed by atoms with E-state index in [9.17, 15) is 0 Å². The van der Waals surface area contributed by atoms with E-state index in [4.69, 9.17) is 0 Å². The Morgan fingerprint density at radius 2 is 1.19 bits per heavy atom. The zero-order valence-electron chi connectivity index (χ0n) is 31.6. The van der Waals surface area contributed by atoms with Crippen LogP contribution in [-0.2, 0) is 58.7 Å². The van der Waals surface area contributed by atoms with Gasteiger partial charge in [-0.1, -0.05) is 123 Å². The molecule has 0 atom stereocenters. The monoisotopic (exact) mass is 746 g/mol. The van der Waals surface area contributed by atoms with Gasteiger partial charge in [-0.3, -0.25) is 0 Å². The number of halogens is 2. The Morgan fingerprint density at radius 3 is 1.64 bits per heavy atom. The molecule has 0 radical (unpaired) electrons. The molecule has 0 N–H and O–H groups in total. The maximum absolute atomic E-state index is 3.53. The summed E-state index contributed by atoms with van der Waals surface area (Å²) in [6, 6.07) is 28.5. The van der Waals surface area contributed by atoms with Crippen molar-refractivity contribution < 1.29 is 49.0 Å². The van der Waals surface area contributed by atoms with Gasteiger partial charge in [0.2, 0.25) is 0 Å². The third-order valence-corrected chi connectivity index (χ3v) is 9.60. The van der Waals surface area contributed by atoms with E-state index >= 15 is 0 Å². The molecule has 0 unspecified atom stereocenters. The number of aryl methyl sites for hydroxylation is 2. The molecular formula is C44H58Cl2Zr-2. The van der Waals surface area contributed by atoms with Crippen molar-refractivity contribution >= 4 is 3.71 Å². The fourth-order valence-electron chi connectivity index (χ4n) is 5.77. The zero-order valence-corrected chi connectivity index (χ0v) is 35.6. The van der Waals surface area contributed by atoms with Crippen molar-refractivity contribution in [2.24, 2.45) is 0 Å². The molecule has 1 aliphatic carbocycles. The van der Waals surface area contributed by atoms with Crippen molar-refractivity contribution in [3.8, 4) is 11.1 Å². The predicted molar refractivity (Wildman–Crippen MR) is 196 cm³/mol. The summed E-state index contributed by atoms with van der Waals surface area (Å²) in [6.45, 7) is 31.6. The summed E-state index contributed by atoms with van der Waals surface area (Å²) in [4.78, 5) is 0. The standard InChI is InChI=1S/C21H25.C12H19.C11H14.2ClH.Zr/c1-20(2,3)16-9-7-14-11-15-8-10-17(21(4,5)6)13-19(15)18(14)12-16;1-6-10-7-9(2)8-11(10)12(3,4)5;1-9-5-7-10(8-6-9)11(2,3)4;;;/h7,9-10,12-13H,11H2,1-6H3;7-8H,6H2,1-5H3;1,5-8H,2-4H3;2*1H;/q2*-1;;;;+2/p-2. The van der Waals surface area contributed by atoms with Gasteiger partial charge < -0.3 is 24.8 Å². The SMILES string of the molecule is CC(C)(C)c1c[c-]c2c(c1)-c1cc(C(C)(C)C)ccc1C2.CC(C)(C)c1ccc([CH]=[Zr+2])cc1.CCc1[cH-]c(C)cc1C(C)(C)C.[Cl-].[Cl-]. The molecule has 4 aromatic rings. The van der Waals surface area contributed by atoms with Crippen LogP contribution in [0.2, 0.25) is 0 Å². The van der Waals surface area contributed by atoms with Gasteiger partial charge in [-0.2, -0.15) is 52.1 Å². The van der Waals surface area contributed by atoms with Crippen LogP contribution in [0.3, 0.4) is 0 Å². The molecule has 5 rings (SSSR count). The number of benzene rings is 3. The zero-order chi connectivity index (χ0) is 34.0. The average molecular weight is 749 g/mol. The Kier molecular flexibility index (Phi) is 15.5. The first-order chi connectivity index (χ1) is 20.6. The largest absolute Gasteiger partial charge is 1.00 e. The molecule has 3 heteroatoms. The normalized spacial score (nSPS) is 12.3. The molecule has 1 aliphatic rings. The predicted octanol–water partition coefficient (Wildman–Crippen LogP) is 5.92. The summed E-state index contributed by atoms with van der Waals surface area (Å²) in [5, 5.41) is 0. The average Bonchev–Trinajstić information content (AvgIpc) is 3.51. The molecule has 0 aromatic heterocycles. The minimum atomic E-state index is 0. The number of hydrogen-bond acceptors (Lipinski definition) is 0. The smallest absolute Gasteiger partial charge is 0.0540 e. The Balaban J connectivity index is 0.000000369. The summed E-state index contributed by atoms with van der Waals surface area (Å²) in [5.41, 5.74) is 16.5. The van der Waals surface area contributed by atoms with Crippen molar-refractivity contribution in [3.63, 3.8) is 0 Å². The Bertz CT molecular complexity index is 1530. The summed E-state index contributed by atoms with van der Waals surface area (Å²) in [6.07, 6.45) is 2.18. The third kappa shape index (κ3) is 11.7. The van der Waals surface area contributed by atoms with E-state index in [1.54, 1.807) is 0 Å². The second-order valence-electron chi connectivity index (χ2n) is 16.9. The van der Waals surface area contributed by atoms with E-state index in [1.807, 2.05) is 0 Å². The molecule has 0 fully saturated rings. The summed E-state index contributed by atoms with van der Waals surface area (Å²) in [7, 11) is 0. The Morgan fingerprint density at radius 1 is 0.681 bits per heavy atom. The summed E-state index contributed by atoms with van der Waals surface area (Å²) < 4.78 is 2.21. The van der Waals surface area contributed by atoms with Gasteiger partial charge in [-0.25, -0.2) is 6.07 Å². The molecule has 0 amide bonds. The fourth-order valence-corrected chi connectivity index (χ4v) is 6.24. The van der Waals surface area contributed by atoms with E-state index in [2.05, 4.69) is 173 Å². The molecule has 47 heavy (non-hydrogen) atoms. The van der Waals surface area contributed by atoms with Crippen LogP contribution in [0, 0.1) is 13.0 Å². The third-order valence-electron chi connectivity index (χ3n) is 8.78. The molecule has 0 bridgehead atoms. The molecular weight excluding hydrogens is 691 g/mol. The van der Waals surface area contributed by atoms with Crippen molar-refractivity contribution in [1.29, 1.82) is 0 Å². The van der Waals surface area contributed by atoms with Gasteiger partial charge in [0.05, 0.1) is 0 Å². The van der Waals surface area contributed by atoms with E-state index in [1.165, 1.54) is 85.4 Å². The quantitative estimate of drug-likeness (QED) is 0.197. The van der Waals surface area contributed by atoms with Crippen molar-refractivity contribution in [2.75, 3.05) is 0 Å². The second kappa shape index (κ2) is 16.8. The van der Waals surface area contributed by atoms with Gasteiger partial charge in [0.25, 0.3) is 0 Å². The first kappa shape index (κ1) is 43.4. The van der Waals surface area contributed by atoms with Crippen LogP contribution in [0.5, 0.6) is 0 Å². The van der Waals surface area contributed by atoms with Gasteiger partial charge in [0, 0.05) is 0 Å². The first-order valence-corrected chi connectivity index (χ1v) is 18.1. The fraction of sp³-hybridized carbons (Fsp3) is 0.455. The van der Waals surface area contributed by atoms with Crippen LogP contribution >= 0.6 is 0 Å². The maximum atomic E-state index is 3.53. The molecule has 4 aromatic carbocycles. The van der Waals surface area contributed by atoms with Crippen molar-refractivity contribution in [3.05, 3.63) is 123 Å². The number of hydrogen-bond donors (Lipinski definition) is 0. The maximum Gasteiger partial charge on any atom is -0.0540 e. The van der Waals surface area contributed by atoms with Crippen LogP contribution in [0.15, 0.2) is 66.7 Å². The molecule has 254 valence electrons. The Labute approximate surface area is 316 Å². The number of rotatable bonds is 2. The van der Waals surface area contributed by atoms with Crippen LogP contribution in [0.25, 0.3) is 11.1 Å². The molecule has 0 heterocycles. The van der Waals surface area contributed by atoms with E-state index in [0.29, 0.717) is 5.41 Å². The molecule has 0 nitrogen and oxygen atoms in total. The van der Waals surface area contributed by atoms with E-state index < -0.39 is 0 Å². The van der Waals surface area contributed by atoms with Crippen LogP contribution in [-0.4, -0.2) is 3.71 Å². The van der Waals surface area contributed by atoms with Gasteiger partial charge in [0.15, 0.2) is 0 Å². The van der Waals surface area contributed by atoms with Gasteiger partial charge in [0.1, 0.15) is 0 Å². The van der Waals surface area contributed by atoms with Gasteiger partial charge in [-0.05, 0) is 17.4 Å². The first-order valence-electron chi connectivity index (χ1n) is 16.7. The number of fused-ring (bicyclic) bond motifs is 3. The van der Waals surface area contributed by atoms with Crippen molar-refractivity contribution in [2.45, 2.75) is 131 Å². The molecule has 0 saturated carbocycles. The van der Waals surface area contributed by atoms with Gasteiger partial charge >= 0.3 is 89.5 Å². The van der Waals surface area contributed by atoms with E-state index in [-0.39, 0.29) is 41.1 Å². The topological polar surface area (TPSA) is 0 Å². The van der Waals surface area contributed by atoms with E-state index in [0.717, 1.165) is 12.8 Å². The molecule has 0 aliphatic heterocycles. The molecule has 0 saturated heterocycles. The minimum absolute atomic E-state index is 0. The van der Waals surface area contributed by atoms with Crippen molar-refractivity contribution in [1.82, 2.24) is 0 Å². The summed E-state index contributed by atoms with van der Waals surface area (Å²) >= 11 is 1.46. The van der Waals surface area contributed by atoms with Crippen LogP contribution < -0.4 is 24.8 Å².